The second-order valence-electron chi connectivity index (χ2n) is 9.04. The van der Waals surface area contributed by atoms with E-state index in [1.807, 2.05) is 18.2 Å². The zero-order chi connectivity index (χ0) is 24.6. The number of ether oxygens (including phenoxy) is 1. The normalized spacial score (nSPS) is 19.6. The van der Waals surface area contributed by atoms with Crippen molar-refractivity contribution in [3.63, 3.8) is 0 Å². The van der Waals surface area contributed by atoms with Gasteiger partial charge in [0.1, 0.15) is 18.2 Å². The number of halogens is 1. The molecule has 35 heavy (non-hydrogen) atoms. The van der Waals surface area contributed by atoms with Crippen molar-refractivity contribution in [2.24, 2.45) is 11.8 Å². The van der Waals surface area contributed by atoms with Crippen LogP contribution in [0.4, 0.5) is 4.39 Å². The maximum Gasteiger partial charge on any atom is 0.303 e. The molecule has 0 amide bonds. The molecule has 0 bridgehead atoms. The molecule has 0 radical (unpaired) electrons. The number of alkyl halides is 1. The Morgan fingerprint density at radius 3 is 2.97 bits per heavy atom. The summed E-state index contributed by atoms with van der Waals surface area (Å²) in [6, 6.07) is 7.23. The van der Waals surface area contributed by atoms with Crippen LogP contribution in [0.15, 0.2) is 52.6 Å². The van der Waals surface area contributed by atoms with Gasteiger partial charge in [-0.1, -0.05) is 11.8 Å². The monoisotopic (exact) mass is 501 g/mol. The summed E-state index contributed by atoms with van der Waals surface area (Å²) in [5.74, 6) is 1.02. The lowest BCUT2D eigenvalue weighted by atomic mass is 9.79. The summed E-state index contributed by atoms with van der Waals surface area (Å²) >= 11 is 1.59. The van der Waals surface area contributed by atoms with Crippen molar-refractivity contribution >= 4 is 28.6 Å². The first-order valence-electron chi connectivity index (χ1n) is 12.1. The van der Waals surface area contributed by atoms with E-state index in [0.29, 0.717) is 29.4 Å². The molecule has 1 aliphatic heterocycles. The third-order valence-corrected chi connectivity index (χ3v) is 7.72. The number of fused-ring (bicyclic) bond motifs is 1. The van der Waals surface area contributed by atoms with Gasteiger partial charge in [-0.15, -0.1) is 0 Å². The number of thioether (sulfide) groups is 1. The molecule has 188 valence electrons. The van der Waals surface area contributed by atoms with E-state index in [1.165, 1.54) is 0 Å². The number of hydrogen-bond donors (Lipinski definition) is 1. The van der Waals surface area contributed by atoms with Gasteiger partial charge in [-0.05, 0) is 80.4 Å². The number of benzene rings is 1. The topological polar surface area (TPSA) is 88.7 Å². The van der Waals surface area contributed by atoms with E-state index in [2.05, 4.69) is 14.9 Å². The molecule has 4 rings (SSSR count). The number of nitrogens with zero attached hydrogens (tertiary/aromatic N) is 3. The quantitative estimate of drug-likeness (QED) is 0.253. The van der Waals surface area contributed by atoms with Crippen LogP contribution in [0.2, 0.25) is 0 Å². The van der Waals surface area contributed by atoms with Crippen molar-refractivity contribution in [1.82, 2.24) is 14.9 Å². The van der Waals surface area contributed by atoms with Gasteiger partial charge in [0, 0.05) is 30.3 Å². The first-order valence-corrected chi connectivity index (χ1v) is 13.0. The summed E-state index contributed by atoms with van der Waals surface area (Å²) in [7, 11) is 1.59. The van der Waals surface area contributed by atoms with Gasteiger partial charge in [0.15, 0.2) is 0 Å². The number of rotatable bonds is 12. The lowest BCUT2D eigenvalue weighted by Gasteiger charge is -2.38. The molecule has 3 heterocycles. The van der Waals surface area contributed by atoms with E-state index < -0.39 is 12.1 Å². The van der Waals surface area contributed by atoms with Crippen LogP contribution in [-0.4, -0.2) is 58.4 Å². The van der Waals surface area contributed by atoms with E-state index in [9.17, 15) is 9.90 Å². The highest BCUT2D eigenvalue weighted by molar-refractivity contribution is 7.99. The molecule has 3 atom stereocenters. The van der Waals surface area contributed by atoms with Gasteiger partial charge < -0.3 is 19.2 Å². The predicted molar refractivity (Wildman–Crippen MR) is 134 cm³/mol. The van der Waals surface area contributed by atoms with Crippen LogP contribution in [0.5, 0.6) is 5.75 Å². The van der Waals surface area contributed by atoms with Crippen LogP contribution in [0.3, 0.4) is 0 Å². The van der Waals surface area contributed by atoms with Crippen molar-refractivity contribution in [3.8, 4) is 5.75 Å². The molecule has 0 unspecified atom stereocenters. The number of piperidine rings is 1. The average molecular weight is 502 g/mol. The lowest BCUT2D eigenvalue weighted by Crippen LogP contribution is -2.42. The maximum absolute atomic E-state index is 15.4. The highest BCUT2D eigenvalue weighted by Crippen LogP contribution is 2.36. The number of carbonyl (C=O) groups is 1. The van der Waals surface area contributed by atoms with E-state index in [1.54, 1.807) is 43.6 Å². The largest absolute Gasteiger partial charge is 0.497 e. The number of aliphatic carboxylic acids is 1. The van der Waals surface area contributed by atoms with Crippen LogP contribution >= 0.6 is 11.8 Å². The van der Waals surface area contributed by atoms with Crippen molar-refractivity contribution in [1.29, 1.82) is 0 Å². The van der Waals surface area contributed by atoms with Gasteiger partial charge in [-0.2, -0.15) is 0 Å². The fraction of sp³-hybridized carbons (Fsp3) is 0.500. The van der Waals surface area contributed by atoms with Gasteiger partial charge in [-0.25, -0.2) is 9.37 Å². The molecule has 9 heteroatoms. The van der Waals surface area contributed by atoms with E-state index in [-0.39, 0.29) is 18.3 Å². The summed E-state index contributed by atoms with van der Waals surface area (Å²) in [5, 5.41) is 10.9. The van der Waals surface area contributed by atoms with Crippen molar-refractivity contribution < 1.29 is 23.4 Å². The third-order valence-electron chi connectivity index (χ3n) is 6.78. The molecule has 0 saturated carbocycles. The fourth-order valence-electron chi connectivity index (χ4n) is 4.99. The van der Waals surface area contributed by atoms with Crippen LogP contribution in [0.25, 0.3) is 10.9 Å². The molecule has 1 fully saturated rings. The number of carboxylic acid groups (broad SMARTS) is 1. The SMILES string of the molecule is COc1ccc2nccc([C@H](F)CC[C@@H]3CCN(CCCSc4ncco4)C[C@@H]3CC(=O)O)c2c1. The highest BCUT2D eigenvalue weighted by atomic mass is 32.2. The molecule has 1 aromatic carbocycles. The average Bonchev–Trinajstić information content (AvgIpc) is 3.38. The summed E-state index contributed by atoms with van der Waals surface area (Å²) in [6.07, 6.45) is 6.74. The Morgan fingerprint density at radius 2 is 2.20 bits per heavy atom. The Hall–Kier alpha value is -2.65. The van der Waals surface area contributed by atoms with Crippen molar-refractivity contribution in [2.45, 2.75) is 43.5 Å². The van der Waals surface area contributed by atoms with E-state index in [0.717, 1.165) is 49.1 Å². The number of likely N-dealkylation sites (tertiary alicyclic amines) is 1. The minimum atomic E-state index is -1.14. The van der Waals surface area contributed by atoms with Crippen LogP contribution < -0.4 is 4.74 Å². The second-order valence-corrected chi connectivity index (χ2v) is 10.1. The minimum absolute atomic E-state index is 0.0297. The van der Waals surface area contributed by atoms with Crippen molar-refractivity contribution in [2.75, 3.05) is 32.5 Å². The third kappa shape index (κ3) is 6.95. The molecule has 0 aliphatic carbocycles. The van der Waals surface area contributed by atoms with Crippen LogP contribution in [0, 0.1) is 11.8 Å². The molecule has 3 aromatic rings. The number of carboxylic acids is 1. The van der Waals surface area contributed by atoms with E-state index in [4.69, 9.17) is 9.15 Å². The predicted octanol–water partition coefficient (Wildman–Crippen LogP) is 5.62. The highest BCUT2D eigenvalue weighted by Gasteiger charge is 2.31. The molecule has 7 nitrogen and oxygen atoms in total. The first-order chi connectivity index (χ1) is 17.0. The summed E-state index contributed by atoms with van der Waals surface area (Å²) in [4.78, 5) is 22.3. The fourth-order valence-corrected chi connectivity index (χ4v) is 5.69. The molecule has 2 aromatic heterocycles. The Labute approximate surface area is 209 Å². The number of aromatic nitrogens is 2. The number of hydrogen-bond acceptors (Lipinski definition) is 7. The summed E-state index contributed by atoms with van der Waals surface area (Å²) < 4.78 is 26.0. The molecule has 0 spiro atoms. The van der Waals surface area contributed by atoms with E-state index >= 15 is 4.39 Å². The second kappa shape index (κ2) is 12.4. The number of methoxy groups -OCH3 is 1. The molecular formula is C26H32FN3O4S. The van der Waals surface area contributed by atoms with Gasteiger partial charge in [0.05, 0.1) is 18.8 Å². The Kier molecular flexibility index (Phi) is 8.98. The lowest BCUT2D eigenvalue weighted by molar-refractivity contribution is -0.139. The smallest absolute Gasteiger partial charge is 0.303 e. The Morgan fingerprint density at radius 1 is 1.31 bits per heavy atom. The van der Waals surface area contributed by atoms with Crippen LogP contribution in [-0.2, 0) is 4.79 Å². The first kappa shape index (κ1) is 25.4. The van der Waals surface area contributed by atoms with Gasteiger partial charge in [-0.3, -0.25) is 9.78 Å². The Balaban J connectivity index is 1.32. The zero-order valence-electron chi connectivity index (χ0n) is 19.9. The maximum atomic E-state index is 15.4. The molecular weight excluding hydrogens is 469 g/mol. The minimum Gasteiger partial charge on any atom is -0.497 e. The summed E-state index contributed by atoms with van der Waals surface area (Å²) in [6.45, 7) is 2.57. The standard InChI is InChI=1S/C26H32FN3O4S/c1-33-20-4-6-24-22(16-20)21(7-9-28-24)23(27)5-3-18-8-12-30(17-19(18)15-25(31)32)11-2-14-35-26-29-10-13-34-26/h4,6-7,9-10,13,16,18-19,23H,2-3,5,8,11-12,14-15,17H2,1H3,(H,31,32)/t18-,19+,23-/m1/s1. The number of oxazole rings is 1. The van der Waals surface area contributed by atoms with Crippen molar-refractivity contribution in [3.05, 3.63) is 48.5 Å². The zero-order valence-corrected chi connectivity index (χ0v) is 20.8. The van der Waals surface area contributed by atoms with Gasteiger partial charge in [0.25, 0.3) is 5.22 Å². The van der Waals surface area contributed by atoms with Gasteiger partial charge >= 0.3 is 5.97 Å². The molecule has 1 saturated heterocycles. The Bertz CT molecular complexity index is 1100. The summed E-state index contributed by atoms with van der Waals surface area (Å²) in [5.41, 5.74) is 1.36. The van der Waals surface area contributed by atoms with Gasteiger partial charge in [0.2, 0.25) is 0 Å². The molecule has 1 aliphatic rings. The molecule has 1 N–H and O–H groups in total. The number of pyridine rings is 1. The van der Waals surface area contributed by atoms with Crippen LogP contribution in [0.1, 0.15) is 43.8 Å².